The van der Waals surface area contributed by atoms with Crippen LogP contribution in [-0.4, -0.2) is 13.1 Å². The Hall–Kier alpha value is -1.69. The molecule has 1 heterocycles. The van der Waals surface area contributed by atoms with Crippen molar-refractivity contribution in [3.05, 3.63) is 23.8 Å². The van der Waals surface area contributed by atoms with E-state index in [9.17, 15) is 0 Å². The summed E-state index contributed by atoms with van der Waals surface area (Å²) in [4.78, 5) is 2.49. The van der Waals surface area contributed by atoms with Crippen molar-refractivity contribution in [3.63, 3.8) is 0 Å². The summed E-state index contributed by atoms with van der Waals surface area (Å²) < 4.78 is 0. The fraction of sp³-hybridized carbons (Fsp3) is 0.588. The Morgan fingerprint density at radius 1 is 1.20 bits per heavy atom. The van der Waals surface area contributed by atoms with Crippen LogP contribution in [0.1, 0.15) is 37.7 Å². The van der Waals surface area contributed by atoms with Crippen LogP contribution in [0.25, 0.3) is 0 Å². The van der Waals surface area contributed by atoms with E-state index in [1.165, 1.54) is 44.3 Å². The average Bonchev–Trinajstić information content (AvgIpc) is 2.49. The molecule has 0 bridgehead atoms. The van der Waals surface area contributed by atoms with Crippen LogP contribution in [0.3, 0.4) is 0 Å². The maximum absolute atomic E-state index is 8.88. The molecule has 0 radical (unpaired) electrons. The lowest BCUT2D eigenvalue weighted by atomic mass is 9.75. The number of nitrogens with two attached hydrogens (primary N) is 1. The van der Waals surface area contributed by atoms with Crippen molar-refractivity contribution in [2.24, 2.45) is 11.8 Å². The second-order valence-corrected chi connectivity index (χ2v) is 6.26. The van der Waals surface area contributed by atoms with Gasteiger partial charge in [0.05, 0.1) is 12.5 Å². The number of benzene rings is 1. The summed E-state index contributed by atoms with van der Waals surface area (Å²) in [6, 6.07) is 8.38. The Kier molecular flexibility index (Phi) is 3.82. The minimum absolute atomic E-state index is 0.402. The molecule has 0 aromatic heterocycles. The van der Waals surface area contributed by atoms with Gasteiger partial charge in [0, 0.05) is 24.5 Å². The number of hydrogen-bond donors (Lipinski definition) is 1. The van der Waals surface area contributed by atoms with Crippen LogP contribution in [0.5, 0.6) is 0 Å². The van der Waals surface area contributed by atoms with Gasteiger partial charge >= 0.3 is 0 Å². The molecule has 2 N–H and O–H groups in total. The molecule has 2 fully saturated rings. The Labute approximate surface area is 121 Å². The number of fused-ring (bicyclic) bond motifs is 1. The summed E-state index contributed by atoms with van der Waals surface area (Å²) in [6.45, 7) is 2.33. The maximum atomic E-state index is 8.88. The third kappa shape index (κ3) is 2.60. The lowest BCUT2D eigenvalue weighted by Gasteiger charge is -2.42. The Bertz CT molecular complexity index is 517. The van der Waals surface area contributed by atoms with Crippen LogP contribution >= 0.6 is 0 Å². The van der Waals surface area contributed by atoms with E-state index in [0.29, 0.717) is 6.42 Å². The highest BCUT2D eigenvalue weighted by atomic mass is 15.1. The molecule has 2 unspecified atom stereocenters. The smallest absolute Gasteiger partial charge is 0.0670 e. The standard InChI is InChI=1S/C17H23N3/c18-9-7-14-11-16(5-6-17(14)19)20-10-8-13-3-1-2-4-15(13)12-20/h5-6,11,13,15H,1-4,7-8,10,12,19H2. The molecule has 1 aromatic rings. The largest absolute Gasteiger partial charge is 0.398 e. The molecule has 2 atom stereocenters. The average molecular weight is 269 g/mol. The zero-order valence-corrected chi connectivity index (χ0v) is 12.0. The van der Waals surface area contributed by atoms with Crippen LogP contribution in [0.15, 0.2) is 18.2 Å². The summed E-state index contributed by atoms with van der Waals surface area (Å²) in [5.41, 5.74) is 8.89. The molecule has 20 heavy (non-hydrogen) atoms. The van der Waals surface area contributed by atoms with E-state index >= 15 is 0 Å². The topological polar surface area (TPSA) is 53.0 Å². The summed E-state index contributed by atoms with van der Waals surface area (Å²) >= 11 is 0. The van der Waals surface area contributed by atoms with Gasteiger partial charge in [0.15, 0.2) is 0 Å². The molecule has 0 spiro atoms. The molecular formula is C17H23N3. The van der Waals surface area contributed by atoms with E-state index in [4.69, 9.17) is 11.0 Å². The molecule has 1 aliphatic carbocycles. The number of nitrogen functional groups attached to an aromatic ring is 1. The monoisotopic (exact) mass is 269 g/mol. The highest BCUT2D eigenvalue weighted by Gasteiger charge is 2.31. The Balaban J connectivity index is 1.76. The van der Waals surface area contributed by atoms with Crippen molar-refractivity contribution in [2.45, 2.75) is 38.5 Å². The zero-order valence-electron chi connectivity index (χ0n) is 12.0. The van der Waals surface area contributed by atoms with Gasteiger partial charge in [0.2, 0.25) is 0 Å². The first-order valence-corrected chi connectivity index (χ1v) is 7.78. The second kappa shape index (κ2) is 5.75. The van der Waals surface area contributed by atoms with Gasteiger partial charge in [-0.3, -0.25) is 0 Å². The van der Waals surface area contributed by atoms with E-state index in [-0.39, 0.29) is 0 Å². The molecule has 1 aromatic carbocycles. The number of piperidine rings is 1. The normalized spacial score (nSPS) is 25.9. The van der Waals surface area contributed by atoms with Crippen molar-refractivity contribution in [1.29, 1.82) is 5.26 Å². The third-order valence-corrected chi connectivity index (χ3v) is 5.05. The van der Waals surface area contributed by atoms with Gasteiger partial charge in [-0.1, -0.05) is 19.3 Å². The minimum atomic E-state index is 0.402. The predicted octanol–water partition coefficient (Wildman–Crippen LogP) is 3.35. The summed E-state index contributed by atoms with van der Waals surface area (Å²) in [5.74, 6) is 1.82. The van der Waals surface area contributed by atoms with E-state index in [1.807, 2.05) is 6.07 Å². The lowest BCUT2D eigenvalue weighted by Crippen LogP contribution is -2.41. The lowest BCUT2D eigenvalue weighted by molar-refractivity contribution is 0.202. The molecule has 3 rings (SSSR count). The van der Waals surface area contributed by atoms with E-state index in [2.05, 4.69) is 23.1 Å². The molecule has 1 saturated heterocycles. The first-order chi connectivity index (χ1) is 9.78. The SMILES string of the molecule is N#CCc1cc(N2CCC3CCCCC3C2)ccc1N. The fourth-order valence-electron chi connectivity index (χ4n) is 3.86. The van der Waals surface area contributed by atoms with E-state index in [0.717, 1.165) is 29.6 Å². The van der Waals surface area contributed by atoms with Gasteiger partial charge in [0.25, 0.3) is 0 Å². The van der Waals surface area contributed by atoms with Crippen LogP contribution in [0.2, 0.25) is 0 Å². The Morgan fingerprint density at radius 2 is 2.00 bits per heavy atom. The molecule has 3 heteroatoms. The van der Waals surface area contributed by atoms with Crippen molar-refractivity contribution in [1.82, 2.24) is 0 Å². The van der Waals surface area contributed by atoms with Crippen LogP contribution in [-0.2, 0) is 6.42 Å². The second-order valence-electron chi connectivity index (χ2n) is 6.26. The summed E-state index contributed by atoms with van der Waals surface area (Å²) in [5, 5.41) is 8.88. The molecule has 2 aliphatic rings. The number of nitrogens with zero attached hydrogens (tertiary/aromatic N) is 2. The van der Waals surface area contributed by atoms with Crippen LogP contribution in [0, 0.1) is 23.2 Å². The highest BCUT2D eigenvalue weighted by Crippen LogP contribution is 2.37. The third-order valence-electron chi connectivity index (χ3n) is 5.05. The number of nitriles is 1. The molecule has 106 valence electrons. The van der Waals surface area contributed by atoms with Gasteiger partial charge in [0.1, 0.15) is 0 Å². The van der Waals surface area contributed by atoms with Crippen molar-refractivity contribution in [2.75, 3.05) is 23.7 Å². The Morgan fingerprint density at radius 3 is 2.80 bits per heavy atom. The van der Waals surface area contributed by atoms with Gasteiger partial charge in [-0.2, -0.15) is 5.26 Å². The quantitative estimate of drug-likeness (QED) is 0.838. The first kappa shape index (κ1) is 13.3. The number of anilines is 2. The minimum Gasteiger partial charge on any atom is -0.398 e. The van der Waals surface area contributed by atoms with E-state index in [1.54, 1.807) is 0 Å². The van der Waals surface area contributed by atoms with Crippen molar-refractivity contribution >= 4 is 11.4 Å². The van der Waals surface area contributed by atoms with Gasteiger partial charge in [-0.15, -0.1) is 0 Å². The van der Waals surface area contributed by atoms with Gasteiger partial charge < -0.3 is 10.6 Å². The van der Waals surface area contributed by atoms with Crippen LogP contribution < -0.4 is 10.6 Å². The zero-order chi connectivity index (χ0) is 13.9. The highest BCUT2D eigenvalue weighted by molar-refractivity contribution is 5.59. The van der Waals surface area contributed by atoms with E-state index < -0.39 is 0 Å². The van der Waals surface area contributed by atoms with Crippen molar-refractivity contribution < 1.29 is 0 Å². The molecular weight excluding hydrogens is 246 g/mol. The first-order valence-electron chi connectivity index (χ1n) is 7.78. The maximum Gasteiger partial charge on any atom is 0.0670 e. The van der Waals surface area contributed by atoms with Crippen molar-refractivity contribution in [3.8, 4) is 6.07 Å². The number of rotatable bonds is 2. The van der Waals surface area contributed by atoms with Crippen LogP contribution in [0.4, 0.5) is 11.4 Å². The molecule has 0 amide bonds. The molecule has 1 aliphatic heterocycles. The molecule has 3 nitrogen and oxygen atoms in total. The predicted molar refractivity (Wildman–Crippen MR) is 82.4 cm³/mol. The summed E-state index contributed by atoms with van der Waals surface area (Å²) in [6.07, 6.45) is 7.37. The van der Waals surface area contributed by atoms with Gasteiger partial charge in [-0.25, -0.2) is 0 Å². The summed E-state index contributed by atoms with van der Waals surface area (Å²) in [7, 11) is 0. The van der Waals surface area contributed by atoms with Gasteiger partial charge in [-0.05, 0) is 48.4 Å². The fourth-order valence-corrected chi connectivity index (χ4v) is 3.86. The molecule has 1 saturated carbocycles. The number of hydrogen-bond acceptors (Lipinski definition) is 3.